The summed E-state index contributed by atoms with van der Waals surface area (Å²) in [5, 5.41) is 5.23. The lowest BCUT2D eigenvalue weighted by atomic mass is 10.0. The second-order valence-corrected chi connectivity index (χ2v) is 7.27. The molecule has 1 aromatic heterocycles. The Morgan fingerprint density at radius 3 is 2.71 bits per heavy atom. The van der Waals surface area contributed by atoms with Crippen molar-refractivity contribution < 1.29 is 18.8 Å². The lowest BCUT2D eigenvalue weighted by molar-refractivity contribution is -0.136. The number of hydrogen-bond donors (Lipinski definition) is 2. The van der Waals surface area contributed by atoms with Gasteiger partial charge in [-0.25, -0.2) is 0 Å². The fraction of sp³-hybridized carbons (Fsp3) is 0.381. The van der Waals surface area contributed by atoms with Gasteiger partial charge in [-0.1, -0.05) is 19.9 Å². The number of furan rings is 1. The highest BCUT2D eigenvalue weighted by Gasteiger charge is 2.26. The van der Waals surface area contributed by atoms with E-state index in [0.717, 1.165) is 30.5 Å². The molecule has 0 aliphatic carbocycles. The molecule has 0 saturated carbocycles. The first kappa shape index (κ1) is 19.7. The van der Waals surface area contributed by atoms with Gasteiger partial charge in [0.2, 0.25) is 0 Å². The molecule has 0 bridgehead atoms. The molecule has 2 heterocycles. The summed E-state index contributed by atoms with van der Waals surface area (Å²) < 4.78 is 5.23. The van der Waals surface area contributed by atoms with Crippen LogP contribution in [-0.2, 0) is 16.0 Å². The number of nitrogens with zero attached hydrogens (tertiary/aromatic N) is 1. The topological polar surface area (TPSA) is 91.7 Å². The smallest absolute Gasteiger partial charge is 0.313 e. The van der Waals surface area contributed by atoms with Gasteiger partial charge in [0, 0.05) is 24.5 Å². The van der Waals surface area contributed by atoms with E-state index < -0.39 is 11.8 Å². The molecule has 148 valence electrons. The van der Waals surface area contributed by atoms with E-state index in [4.69, 9.17) is 4.42 Å². The third-order valence-corrected chi connectivity index (χ3v) is 4.65. The number of rotatable bonds is 5. The van der Waals surface area contributed by atoms with Crippen molar-refractivity contribution in [3.63, 3.8) is 0 Å². The van der Waals surface area contributed by atoms with Crippen LogP contribution in [0.1, 0.15) is 42.8 Å². The molecular weight excluding hydrogens is 358 g/mol. The number of amides is 3. The number of fused-ring (bicyclic) bond motifs is 1. The molecule has 7 nitrogen and oxygen atoms in total. The van der Waals surface area contributed by atoms with Crippen molar-refractivity contribution >= 4 is 29.1 Å². The summed E-state index contributed by atoms with van der Waals surface area (Å²) in [5.74, 6) is -0.889. The molecular formula is C21H25N3O4. The van der Waals surface area contributed by atoms with Gasteiger partial charge in [0.25, 0.3) is 5.91 Å². The second kappa shape index (κ2) is 8.73. The number of anilines is 2. The molecule has 0 unspecified atom stereocenters. The van der Waals surface area contributed by atoms with Crippen molar-refractivity contribution in [2.45, 2.75) is 33.1 Å². The summed E-state index contributed by atoms with van der Waals surface area (Å²) in [6, 6.07) is 8.66. The Bertz CT molecular complexity index is 859. The van der Waals surface area contributed by atoms with E-state index in [1.54, 1.807) is 29.2 Å². The van der Waals surface area contributed by atoms with Crippen LogP contribution in [0.2, 0.25) is 0 Å². The highest BCUT2D eigenvalue weighted by molar-refractivity contribution is 6.39. The number of benzene rings is 1. The molecule has 1 aliphatic heterocycles. The van der Waals surface area contributed by atoms with Gasteiger partial charge >= 0.3 is 11.8 Å². The molecule has 1 aliphatic rings. The Kier molecular flexibility index (Phi) is 6.13. The Labute approximate surface area is 164 Å². The van der Waals surface area contributed by atoms with E-state index in [9.17, 15) is 14.4 Å². The zero-order chi connectivity index (χ0) is 20.1. The van der Waals surface area contributed by atoms with Crippen molar-refractivity contribution in [2.24, 2.45) is 5.92 Å². The summed E-state index contributed by atoms with van der Waals surface area (Å²) >= 11 is 0. The van der Waals surface area contributed by atoms with E-state index in [1.165, 1.54) is 6.26 Å². The molecule has 0 saturated heterocycles. The minimum atomic E-state index is -0.719. The van der Waals surface area contributed by atoms with Crippen molar-refractivity contribution in [1.82, 2.24) is 5.32 Å². The van der Waals surface area contributed by atoms with Crippen molar-refractivity contribution in [2.75, 3.05) is 23.3 Å². The summed E-state index contributed by atoms with van der Waals surface area (Å²) in [6.45, 7) is 5.13. The third-order valence-electron chi connectivity index (χ3n) is 4.65. The number of nitrogens with one attached hydrogen (secondary N) is 2. The van der Waals surface area contributed by atoms with Crippen LogP contribution in [0.25, 0.3) is 0 Å². The van der Waals surface area contributed by atoms with Crippen LogP contribution < -0.4 is 15.5 Å². The maximum Gasteiger partial charge on any atom is 0.313 e. The van der Waals surface area contributed by atoms with Crippen LogP contribution in [0.5, 0.6) is 0 Å². The van der Waals surface area contributed by atoms with Gasteiger partial charge in [0.05, 0.1) is 6.26 Å². The molecule has 2 N–H and O–H groups in total. The van der Waals surface area contributed by atoms with Gasteiger partial charge < -0.3 is 20.0 Å². The van der Waals surface area contributed by atoms with Gasteiger partial charge in [0.1, 0.15) is 0 Å². The summed E-state index contributed by atoms with van der Waals surface area (Å²) in [5.41, 5.74) is 2.22. The Morgan fingerprint density at radius 2 is 2.00 bits per heavy atom. The van der Waals surface area contributed by atoms with E-state index in [2.05, 4.69) is 24.5 Å². The maximum atomic E-state index is 12.7. The van der Waals surface area contributed by atoms with Crippen LogP contribution >= 0.6 is 0 Å². The number of carbonyl (C=O) groups excluding carboxylic acids is 3. The molecule has 0 radical (unpaired) electrons. The number of carbonyl (C=O) groups is 3. The monoisotopic (exact) mass is 383 g/mol. The minimum Gasteiger partial charge on any atom is -0.459 e. The number of hydrogen-bond acceptors (Lipinski definition) is 4. The predicted molar refractivity (Wildman–Crippen MR) is 106 cm³/mol. The molecule has 3 rings (SSSR count). The summed E-state index contributed by atoms with van der Waals surface area (Å²) in [7, 11) is 0. The fourth-order valence-electron chi connectivity index (χ4n) is 3.14. The third kappa shape index (κ3) is 4.60. The molecule has 28 heavy (non-hydrogen) atoms. The molecule has 7 heteroatoms. The van der Waals surface area contributed by atoms with Gasteiger partial charge in [0.15, 0.2) is 5.76 Å². The first-order chi connectivity index (χ1) is 13.5. The molecule has 0 atom stereocenters. The first-order valence-electron chi connectivity index (χ1n) is 9.53. The van der Waals surface area contributed by atoms with Gasteiger partial charge in [-0.3, -0.25) is 14.4 Å². The lowest BCUT2D eigenvalue weighted by Gasteiger charge is -2.29. The summed E-state index contributed by atoms with van der Waals surface area (Å²) in [4.78, 5) is 38.5. The first-order valence-corrected chi connectivity index (χ1v) is 9.53. The predicted octanol–water partition coefficient (Wildman–Crippen LogP) is 2.97. The molecule has 0 fully saturated rings. The summed E-state index contributed by atoms with van der Waals surface area (Å²) in [6.07, 6.45) is 3.97. The van der Waals surface area contributed by atoms with Gasteiger partial charge in [-0.2, -0.15) is 0 Å². The van der Waals surface area contributed by atoms with Crippen molar-refractivity contribution in [1.29, 1.82) is 0 Å². The molecule has 2 aromatic rings. The quantitative estimate of drug-likeness (QED) is 0.777. The number of aryl methyl sites for hydroxylation is 1. The zero-order valence-electron chi connectivity index (χ0n) is 16.2. The maximum absolute atomic E-state index is 12.7. The van der Waals surface area contributed by atoms with E-state index in [1.807, 2.05) is 6.07 Å². The van der Waals surface area contributed by atoms with E-state index in [0.29, 0.717) is 24.7 Å². The minimum absolute atomic E-state index is 0.221. The van der Waals surface area contributed by atoms with Crippen molar-refractivity contribution in [3.05, 3.63) is 47.9 Å². The normalized spacial score (nSPS) is 13.2. The van der Waals surface area contributed by atoms with Crippen LogP contribution in [-0.4, -0.2) is 30.8 Å². The van der Waals surface area contributed by atoms with Crippen LogP contribution in [0.4, 0.5) is 11.4 Å². The Balaban J connectivity index is 1.71. The molecule has 3 amide bonds. The molecule has 1 aromatic carbocycles. The van der Waals surface area contributed by atoms with Crippen LogP contribution in [0, 0.1) is 5.92 Å². The Hall–Kier alpha value is -3.09. The second-order valence-electron chi connectivity index (χ2n) is 7.27. The SMILES string of the molecule is CC(C)CCNC(=O)C(=O)Nc1ccc2c(c1)N(C(=O)c1ccco1)CCC2. The van der Waals surface area contributed by atoms with E-state index in [-0.39, 0.29) is 11.7 Å². The Morgan fingerprint density at radius 1 is 1.18 bits per heavy atom. The van der Waals surface area contributed by atoms with Gasteiger partial charge in [-0.05, 0) is 55.0 Å². The standard InChI is InChI=1S/C21H25N3O4/c1-14(2)9-10-22-19(25)20(26)23-16-8-7-15-5-3-11-24(17(15)13-16)21(27)18-6-4-12-28-18/h4,6-8,12-14H,3,5,9-11H2,1-2H3,(H,22,25)(H,23,26). The van der Waals surface area contributed by atoms with Crippen molar-refractivity contribution in [3.8, 4) is 0 Å². The highest BCUT2D eigenvalue weighted by atomic mass is 16.3. The lowest BCUT2D eigenvalue weighted by Crippen LogP contribution is -2.37. The van der Waals surface area contributed by atoms with Gasteiger partial charge in [-0.15, -0.1) is 0 Å². The largest absolute Gasteiger partial charge is 0.459 e. The zero-order valence-corrected chi connectivity index (χ0v) is 16.2. The molecule has 0 spiro atoms. The van der Waals surface area contributed by atoms with Crippen LogP contribution in [0.3, 0.4) is 0 Å². The van der Waals surface area contributed by atoms with E-state index >= 15 is 0 Å². The average Bonchev–Trinajstić information content (AvgIpc) is 3.21. The van der Waals surface area contributed by atoms with Crippen LogP contribution in [0.15, 0.2) is 41.0 Å². The average molecular weight is 383 g/mol. The highest BCUT2D eigenvalue weighted by Crippen LogP contribution is 2.31. The fourth-order valence-corrected chi connectivity index (χ4v) is 3.14.